The van der Waals surface area contributed by atoms with Crippen molar-refractivity contribution in [2.75, 3.05) is 6.61 Å². The van der Waals surface area contributed by atoms with Crippen LogP contribution in [0.15, 0.2) is 23.8 Å². The Labute approximate surface area is 217 Å². The Hall–Kier alpha value is -1.99. The summed E-state index contributed by atoms with van der Waals surface area (Å²) < 4.78 is 5.25. The number of aliphatic hydroxyl groups is 1. The predicted octanol–water partition coefficient (Wildman–Crippen LogP) is 4.25. The summed E-state index contributed by atoms with van der Waals surface area (Å²) in [5.74, 6) is -2.20. The van der Waals surface area contributed by atoms with E-state index in [1.807, 2.05) is 26.8 Å². The van der Waals surface area contributed by atoms with Gasteiger partial charge in [0.25, 0.3) is 0 Å². The molecule has 0 radical (unpaired) electrons. The number of carbonyl (C=O) groups excluding carboxylic acids is 3. The van der Waals surface area contributed by atoms with Crippen molar-refractivity contribution in [2.24, 2.45) is 34.0 Å². The monoisotopic (exact) mass is 520 g/mol. The molecule has 7 nitrogen and oxygen atoms in total. The van der Waals surface area contributed by atoms with Crippen LogP contribution in [0.5, 0.6) is 0 Å². The third kappa shape index (κ3) is 3.56. The second kappa shape index (κ2) is 9.09. The lowest BCUT2D eigenvalue weighted by Gasteiger charge is -2.64. The summed E-state index contributed by atoms with van der Waals surface area (Å²) in [5.41, 5.74) is -1.58. The van der Waals surface area contributed by atoms with Crippen molar-refractivity contribution >= 4 is 35.1 Å². The summed E-state index contributed by atoms with van der Waals surface area (Å²) in [6, 6.07) is 0. The second-order valence-corrected chi connectivity index (χ2v) is 12.3. The molecule has 4 rings (SSSR count). The SMILES string of the molecule is CCC(=O)OCC(=O)[C@]1(CCC(=O)O)[C@@H](C)C[C@H]2[C@@H]3CCC4=CC(=O)C=C[C@]4(C)[C@@]3(Cl)[C@@H](O)C[C@@]21C. The lowest BCUT2D eigenvalue weighted by Crippen LogP contribution is -2.67. The molecule has 3 saturated carbocycles. The van der Waals surface area contributed by atoms with Crippen LogP contribution in [0.25, 0.3) is 0 Å². The van der Waals surface area contributed by atoms with Gasteiger partial charge in [0.15, 0.2) is 18.2 Å². The lowest BCUT2D eigenvalue weighted by atomic mass is 9.43. The van der Waals surface area contributed by atoms with Crippen LogP contribution in [0.1, 0.15) is 72.6 Å². The van der Waals surface area contributed by atoms with Gasteiger partial charge in [-0.25, -0.2) is 0 Å². The maximum atomic E-state index is 13.9. The zero-order chi connectivity index (χ0) is 26.7. The van der Waals surface area contributed by atoms with Gasteiger partial charge >= 0.3 is 11.9 Å². The fraction of sp³-hybridized carbons (Fsp3) is 0.714. The highest BCUT2D eigenvalue weighted by Gasteiger charge is 2.74. The number of rotatable bonds is 7. The molecule has 0 aromatic heterocycles. The van der Waals surface area contributed by atoms with Gasteiger partial charge in [0.2, 0.25) is 0 Å². The van der Waals surface area contributed by atoms with Gasteiger partial charge in [-0.05, 0) is 67.4 Å². The highest BCUT2D eigenvalue weighted by atomic mass is 35.5. The summed E-state index contributed by atoms with van der Waals surface area (Å²) in [4.78, 5) is 48.5. The molecule has 0 saturated heterocycles. The first kappa shape index (κ1) is 27.1. The molecular formula is C28H37ClO7. The first-order chi connectivity index (χ1) is 16.8. The third-order valence-corrected chi connectivity index (χ3v) is 11.3. The standard InChI is InChI=1S/C28H37ClO7/c1-5-24(35)36-15-22(32)27(11-9-23(33)34)16(2)12-20-19-7-6-17-13-18(30)8-10-25(17,3)28(19,29)21(31)14-26(20,27)4/h8,10,13,16,19-21,31H,5-7,9,11-12,14-15H2,1-4H3,(H,33,34)/t16-,19-,20-,21-,25-,26-,27-,28-/m0/s1. The molecule has 8 atom stereocenters. The number of aliphatic carboxylic acids is 1. The molecule has 2 N–H and O–H groups in total. The Morgan fingerprint density at radius 1 is 1.22 bits per heavy atom. The van der Waals surface area contributed by atoms with Crippen molar-refractivity contribution in [3.63, 3.8) is 0 Å². The maximum Gasteiger partial charge on any atom is 0.305 e. The van der Waals surface area contributed by atoms with Gasteiger partial charge in [-0.3, -0.25) is 19.2 Å². The van der Waals surface area contributed by atoms with E-state index in [1.54, 1.807) is 13.0 Å². The molecule has 0 spiro atoms. The van der Waals surface area contributed by atoms with Gasteiger partial charge in [-0.1, -0.05) is 39.3 Å². The number of Topliss-reactive ketones (excluding diaryl/α,β-unsaturated/α-hetero) is 1. The molecule has 0 unspecified atom stereocenters. The van der Waals surface area contributed by atoms with Crippen molar-refractivity contribution in [2.45, 2.75) is 83.6 Å². The van der Waals surface area contributed by atoms with Crippen LogP contribution in [-0.4, -0.2) is 51.3 Å². The Balaban J connectivity index is 1.79. The van der Waals surface area contributed by atoms with Gasteiger partial charge in [-0.2, -0.15) is 0 Å². The average Bonchev–Trinajstić information content (AvgIpc) is 3.04. The zero-order valence-corrected chi connectivity index (χ0v) is 22.3. The van der Waals surface area contributed by atoms with E-state index >= 15 is 0 Å². The summed E-state index contributed by atoms with van der Waals surface area (Å²) in [6.07, 6.45) is 6.30. The molecule has 198 valence electrons. The highest BCUT2D eigenvalue weighted by Crippen LogP contribution is 2.74. The Morgan fingerprint density at radius 2 is 1.92 bits per heavy atom. The largest absolute Gasteiger partial charge is 0.481 e. The number of hydrogen-bond acceptors (Lipinski definition) is 6. The fourth-order valence-electron chi connectivity index (χ4n) is 8.60. The molecular weight excluding hydrogens is 484 g/mol. The molecule has 3 fully saturated rings. The van der Waals surface area contributed by atoms with Crippen molar-refractivity contribution < 1.29 is 34.1 Å². The smallest absolute Gasteiger partial charge is 0.305 e. The molecule has 0 heterocycles. The van der Waals surface area contributed by atoms with Gasteiger partial charge in [-0.15, -0.1) is 11.6 Å². The molecule has 0 aromatic carbocycles. The maximum absolute atomic E-state index is 13.9. The van der Waals surface area contributed by atoms with Crippen LogP contribution in [0.3, 0.4) is 0 Å². The minimum absolute atomic E-state index is 0.0441. The number of halogens is 1. The van der Waals surface area contributed by atoms with Gasteiger partial charge < -0.3 is 14.9 Å². The number of hydrogen-bond donors (Lipinski definition) is 2. The van der Waals surface area contributed by atoms with Crippen LogP contribution in [0.2, 0.25) is 0 Å². The number of alkyl halides is 1. The van der Waals surface area contributed by atoms with Gasteiger partial charge in [0, 0.05) is 23.7 Å². The van der Waals surface area contributed by atoms with Gasteiger partial charge in [0.1, 0.15) is 0 Å². The number of carboxylic acids is 1. The summed E-state index contributed by atoms with van der Waals surface area (Å²) in [7, 11) is 0. The van der Waals surface area contributed by atoms with E-state index in [0.717, 1.165) is 5.57 Å². The number of esters is 1. The molecule has 36 heavy (non-hydrogen) atoms. The van der Waals surface area contributed by atoms with E-state index in [9.17, 15) is 29.4 Å². The van der Waals surface area contributed by atoms with Gasteiger partial charge in [0.05, 0.1) is 11.0 Å². The zero-order valence-electron chi connectivity index (χ0n) is 21.5. The fourth-order valence-corrected chi connectivity index (χ4v) is 9.12. The number of ether oxygens (including phenoxy) is 1. The molecule has 8 heteroatoms. The lowest BCUT2D eigenvalue weighted by molar-refractivity contribution is -0.165. The Morgan fingerprint density at radius 3 is 2.56 bits per heavy atom. The summed E-state index contributed by atoms with van der Waals surface area (Å²) >= 11 is 7.49. The number of carbonyl (C=O) groups is 4. The van der Waals surface area contributed by atoms with Crippen molar-refractivity contribution in [1.29, 1.82) is 0 Å². The van der Waals surface area contributed by atoms with E-state index in [-0.39, 0.29) is 55.0 Å². The van der Waals surface area contributed by atoms with E-state index < -0.39 is 45.8 Å². The number of carboxylic acid groups (broad SMARTS) is 1. The number of fused-ring (bicyclic) bond motifs is 5. The normalized spacial score (nSPS) is 43.2. The first-order valence-electron chi connectivity index (χ1n) is 13.0. The number of ketones is 2. The van der Waals surface area contributed by atoms with E-state index in [4.69, 9.17) is 16.3 Å². The summed E-state index contributed by atoms with van der Waals surface area (Å²) in [6.45, 7) is 7.21. The van der Waals surface area contributed by atoms with Crippen LogP contribution in [0, 0.1) is 34.0 Å². The summed E-state index contributed by atoms with van der Waals surface area (Å²) in [5, 5.41) is 21.3. The molecule has 0 aliphatic heterocycles. The molecule has 0 amide bonds. The average molecular weight is 521 g/mol. The Kier molecular flexibility index (Phi) is 6.83. The van der Waals surface area contributed by atoms with Crippen molar-refractivity contribution in [3.05, 3.63) is 23.8 Å². The highest BCUT2D eigenvalue weighted by molar-refractivity contribution is 6.26. The van der Waals surface area contributed by atoms with E-state index in [0.29, 0.717) is 19.3 Å². The minimum Gasteiger partial charge on any atom is -0.481 e. The van der Waals surface area contributed by atoms with Crippen molar-refractivity contribution in [1.82, 2.24) is 0 Å². The molecule has 4 aliphatic carbocycles. The molecule has 4 aliphatic rings. The van der Waals surface area contributed by atoms with E-state index in [1.165, 1.54) is 6.08 Å². The van der Waals surface area contributed by atoms with E-state index in [2.05, 4.69) is 0 Å². The van der Waals surface area contributed by atoms with Crippen LogP contribution in [-0.2, 0) is 23.9 Å². The van der Waals surface area contributed by atoms with Crippen LogP contribution >= 0.6 is 11.6 Å². The van der Waals surface area contributed by atoms with Crippen molar-refractivity contribution in [3.8, 4) is 0 Å². The van der Waals surface area contributed by atoms with Crippen LogP contribution < -0.4 is 0 Å². The predicted molar refractivity (Wildman–Crippen MR) is 133 cm³/mol. The van der Waals surface area contributed by atoms with Crippen LogP contribution in [0.4, 0.5) is 0 Å². The quantitative estimate of drug-likeness (QED) is 0.380. The first-order valence-corrected chi connectivity index (χ1v) is 13.4. The number of aliphatic hydroxyl groups excluding tert-OH is 1. The minimum atomic E-state index is -1.07. The molecule has 0 aromatic rings. The Bertz CT molecular complexity index is 1050. The number of allylic oxidation sites excluding steroid dienone is 4. The molecule has 0 bridgehead atoms. The third-order valence-electron chi connectivity index (χ3n) is 10.4. The topological polar surface area (TPSA) is 118 Å². The second-order valence-electron chi connectivity index (χ2n) is 11.7.